The molecule has 28 heavy (non-hydrogen) atoms. The molecule has 0 spiro atoms. The SMILES string of the molecule is O=C(O)CCCN1C(=O)C(=O)C(=C(O)c2ccccc2)C1c1ccccc1Cl. The normalized spacial score (nSPS) is 18.5. The number of halogens is 1. The molecular formula is C21H18ClNO5. The monoisotopic (exact) mass is 399 g/mol. The van der Waals surface area contributed by atoms with E-state index in [0.29, 0.717) is 16.1 Å². The van der Waals surface area contributed by atoms with Crippen LogP contribution in [0.5, 0.6) is 0 Å². The second-order valence-electron chi connectivity index (χ2n) is 6.38. The summed E-state index contributed by atoms with van der Waals surface area (Å²) in [7, 11) is 0. The van der Waals surface area contributed by atoms with Crippen molar-refractivity contribution in [3.05, 3.63) is 76.3 Å². The number of likely N-dealkylation sites (tertiary alicyclic amines) is 1. The van der Waals surface area contributed by atoms with Crippen LogP contribution in [-0.2, 0) is 14.4 Å². The average Bonchev–Trinajstić information content (AvgIpc) is 2.93. The van der Waals surface area contributed by atoms with Crippen LogP contribution < -0.4 is 0 Å². The zero-order valence-corrected chi connectivity index (χ0v) is 15.6. The Balaban J connectivity index is 2.11. The molecular weight excluding hydrogens is 382 g/mol. The number of amides is 1. The van der Waals surface area contributed by atoms with E-state index in [-0.39, 0.29) is 30.7 Å². The Morgan fingerprint density at radius 3 is 2.29 bits per heavy atom. The first-order valence-electron chi connectivity index (χ1n) is 8.72. The number of carbonyl (C=O) groups is 3. The lowest BCUT2D eigenvalue weighted by Gasteiger charge is -2.25. The van der Waals surface area contributed by atoms with E-state index in [2.05, 4.69) is 0 Å². The average molecular weight is 400 g/mol. The summed E-state index contributed by atoms with van der Waals surface area (Å²) < 4.78 is 0. The van der Waals surface area contributed by atoms with E-state index in [9.17, 15) is 19.5 Å². The maximum absolute atomic E-state index is 12.8. The van der Waals surface area contributed by atoms with Gasteiger partial charge in [0.05, 0.1) is 11.6 Å². The van der Waals surface area contributed by atoms with Gasteiger partial charge in [-0.25, -0.2) is 0 Å². The number of carboxylic acid groups (broad SMARTS) is 1. The maximum Gasteiger partial charge on any atom is 0.303 e. The molecule has 2 N–H and O–H groups in total. The van der Waals surface area contributed by atoms with Crippen LogP contribution in [0.15, 0.2) is 60.2 Å². The first-order chi connectivity index (χ1) is 13.4. The summed E-state index contributed by atoms with van der Waals surface area (Å²) in [6.07, 6.45) is 0.0333. The summed E-state index contributed by atoms with van der Waals surface area (Å²) in [6.45, 7) is 0.0539. The van der Waals surface area contributed by atoms with Crippen LogP contribution in [0.1, 0.15) is 30.0 Å². The van der Waals surface area contributed by atoms with Crippen molar-refractivity contribution in [2.24, 2.45) is 0 Å². The Labute approximate surface area is 166 Å². The maximum atomic E-state index is 12.8. The molecule has 3 rings (SSSR count). The molecule has 1 aliphatic rings. The smallest absolute Gasteiger partial charge is 0.303 e. The summed E-state index contributed by atoms with van der Waals surface area (Å²) >= 11 is 6.32. The molecule has 2 aromatic rings. The van der Waals surface area contributed by atoms with Crippen molar-refractivity contribution in [3.8, 4) is 0 Å². The van der Waals surface area contributed by atoms with Crippen LogP contribution >= 0.6 is 11.6 Å². The predicted molar refractivity (Wildman–Crippen MR) is 104 cm³/mol. The van der Waals surface area contributed by atoms with Crippen LogP contribution in [-0.4, -0.2) is 39.3 Å². The number of Topliss-reactive ketones (excluding diaryl/α,β-unsaturated/α-hetero) is 1. The number of ketones is 1. The molecule has 2 aromatic carbocycles. The molecule has 0 aromatic heterocycles. The van der Waals surface area contributed by atoms with Crippen molar-refractivity contribution in [1.82, 2.24) is 4.90 Å². The third-order valence-corrected chi connectivity index (χ3v) is 4.92. The molecule has 144 valence electrons. The molecule has 1 aliphatic heterocycles. The van der Waals surface area contributed by atoms with Crippen LogP contribution in [0.3, 0.4) is 0 Å². The minimum atomic E-state index is -0.991. The number of benzene rings is 2. The number of nitrogens with zero attached hydrogens (tertiary/aromatic N) is 1. The summed E-state index contributed by atoms with van der Waals surface area (Å²) in [5.74, 6) is -2.88. The molecule has 0 bridgehead atoms. The van der Waals surface area contributed by atoms with Gasteiger partial charge in [0.15, 0.2) is 0 Å². The van der Waals surface area contributed by atoms with E-state index in [0.717, 1.165) is 0 Å². The summed E-state index contributed by atoms with van der Waals surface area (Å²) in [4.78, 5) is 37.5. The van der Waals surface area contributed by atoms with Crippen molar-refractivity contribution in [2.45, 2.75) is 18.9 Å². The van der Waals surface area contributed by atoms with Crippen molar-refractivity contribution < 1.29 is 24.6 Å². The van der Waals surface area contributed by atoms with Gasteiger partial charge in [0.1, 0.15) is 5.76 Å². The molecule has 1 heterocycles. The summed E-state index contributed by atoms with van der Waals surface area (Å²) in [5, 5.41) is 20.0. The predicted octanol–water partition coefficient (Wildman–Crippen LogP) is 3.63. The minimum absolute atomic E-state index is 0.0539. The number of aliphatic hydroxyl groups is 1. The summed E-state index contributed by atoms with van der Waals surface area (Å²) in [5.41, 5.74) is 0.846. The van der Waals surface area contributed by atoms with E-state index < -0.39 is 23.7 Å². The number of carboxylic acids is 1. The van der Waals surface area contributed by atoms with Crippen molar-refractivity contribution in [1.29, 1.82) is 0 Å². The van der Waals surface area contributed by atoms with Crippen LogP contribution in [0.2, 0.25) is 5.02 Å². The van der Waals surface area contributed by atoms with Gasteiger partial charge in [0.25, 0.3) is 11.7 Å². The van der Waals surface area contributed by atoms with Crippen molar-refractivity contribution >= 4 is 35.0 Å². The quantitative estimate of drug-likeness (QED) is 0.439. The van der Waals surface area contributed by atoms with Crippen LogP contribution in [0.25, 0.3) is 5.76 Å². The third kappa shape index (κ3) is 3.77. The van der Waals surface area contributed by atoms with Gasteiger partial charge in [0, 0.05) is 23.6 Å². The third-order valence-electron chi connectivity index (χ3n) is 4.58. The molecule has 0 radical (unpaired) electrons. The van der Waals surface area contributed by atoms with Gasteiger partial charge in [-0.15, -0.1) is 0 Å². The Hall–Kier alpha value is -3.12. The molecule has 1 saturated heterocycles. The molecule has 1 atom stereocenters. The minimum Gasteiger partial charge on any atom is -0.507 e. The molecule has 1 amide bonds. The molecule has 0 aliphatic carbocycles. The van der Waals surface area contributed by atoms with E-state index >= 15 is 0 Å². The Morgan fingerprint density at radius 2 is 1.64 bits per heavy atom. The first-order valence-corrected chi connectivity index (χ1v) is 9.09. The number of aliphatic hydroxyl groups excluding tert-OH is 1. The van der Waals surface area contributed by atoms with Gasteiger partial charge in [-0.3, -0.25) is 14.4 Å². The number of rotatable bonds is 6. The fourth-order valence-corrected chi connectivity index (χ4v) is 3.52. The first kappa shape index (κ1) is 19.6. The molecule has 1 fully saturated rings. The number of aliphatic carboxylic acids is 1. The highest BCUT2D eigenvalue weighted by Gasteiger charge is 2.46. The summed E-state index contributed by atoms with van der Waals surface area (Å²) in [6, 6.07) is 14.3. The Morgan fingerprint density at radius 1 is 1.00 bits per heavy atom. The van der Waals surface area contributed by atoms with Gasteiger partial charge in [-0.2, -0.15) is 0 Å². The fourth-order valence-electron chi connectivity index (χ4n) is 3.28. The van der Waals surface area contributed by atoms with Crippen molar-refractivity contribution in [3.63, 3.8) is 0 Å². The van der Waals surface area contributed by atoms with Crippen LogP contribution in [0, 0.1) is 0 Å². The topological polar surface area (TPSA) is 94.9 Å². The van der Waals surface area contributed by atoms with E-state index in [1.165, 1.54) is 4.90 Å². The molecule has 1 unspecified atom stereocenters. The number of hydrogen-bond acceptors (Lipinski definition) is 4. The highest BCUT2D eigenvalue weighted by Crippen LogP contribution is 2.41. The standard InChI is InChI=1S/C21H18ClNO5/c22-15-10-5-4-9-14(15)18-17(19(26)13-7-2-1-3-8-13)20(27)21(28)23(18)12-6-11-16(24)25/h1-5,7-10,18,26H,6,11-12H2,(H,24,25). The lowest BCUT2D eigenvalue weighted by Crippen LogP contribution is -2.31. The zero-order valence-electron chi connectivity index (χ0n) is 14.8. The van der Waals surface area contributed by atoms with Gasteiger partial charge >= 0.3 is 5.97 Å². The molecule has 0 saturated carbocycles. The van der Waals surface area contributed by atoms with Crippen LogP contribution in [0.4, 0.5) is 0 Å². The molecule has 7 heteroatoms. The second kappa shape index (κ2) is 8.27. The molecule has 6 nitrogen and oxygen atoms in total. The lowest BCUT2D eigenvalue weighted by molar-refractivity contribution is -0.140. The van der Waals surface area contributed by atoms with Gasteiger partial charge < -0.3 is 15.1 Å². The van der Waals surface area contributed by atoms with E-state index in [4.69, 9.17) is 16.7 Å². The Bertz CT molecular complexity index is 954. The number of hydrogen-bond donors (Lipinski definition) is 2. The largest absolute Gasteiger partial charge is 0.507 e. The van der Waals surface area contributed by atoms with E-state index in [1.54, 1.807) is 54.6 Å². The van der Waals surface area contributed by atoms with Gasteiger partial charge in [0.2, 0.25) is 0 Å². The zero-order chi connectivity index (χ0) is 20.3. The van der Waals surface area contributed by atoms with E-state index in [1.807, 2.05) is 0 Å². The Kier molecular flexibility index (Phi) is 5.80. The highest BCUT2D eigenvalue weighted by molar-refractivity contribution is 6.47. The second-order valence-corrected chi connectivity index (χ2v) is 6.78. The van der Waals surface area contributed by atoms with Crippen molar-refractivity contribution in [2.75, 3.05) is 6.54 Å². The number of carbonyl (C=O) groups excluding carboxylic acids is 2. The van der Waals surface area contributed by atoms with Gasteiger partial charge in [-0.1, -0.05) is 60.1 Å². The lowest BCUT2D eigenvalue weighted by atomic mass is 9.95. The highest BCUT2D eigenvalue weighted by atomic mass is 35.5. The fraction of sp³-hybridized carbons (Fsp3) is 0.190. The van der Waals surface area contributed by atoms with Gasteiger partial charge in [-0.05, 0) is 18.1 Å².